The third kappa shape index (κ3) is 4.51. The third-order valence-electron chi connectivity index (χ3n) is 2.74. The van der Waals surface area contributed by atoms with Crippen LogP contribution in [0.4, 0.5) is 4.39 Å². The molecule has 0 atom stereocenters. The van der Waals surface area contributed by atoms with Gasteiger partial charge >= 0.3 is 0 Å². The monoisotopic (exact) mass is 293 g/mol. The molecule has 2 rings (SSSR count). The third-order valence-corrected chi connectivity index (χ3v) is 2.99. The molecule has 0 unspecified atom stereocenters. The molecule has 0 spiro atoms. The van der Waals surface area contributed by atoms with Crippen LogP contribution in [-0.2, 0) is 6.54 Å². The highest BCUT2D eigenvalue weighted by Crippen LogP contribution is 2.25. The molecule has 0 radical (unpaired) electrons. The molecule has 0 bridgehead atoms. The SMILES string of the molecule is CCCNCc1cc(F)cc(Oc2ccc(Cl)cc2)c1. The number of halogens is 2. The fraction of sp³-hybridized carbons (Fsp3) is 0.250. The molecule has 0 saturated heterocycles. The summed E-state index contributed by atoms with van der Waals surface area (Å²) < 4.78 is 19.2. The zero-order chi connectivity index (χ0) is 14.4. The van der Waals surface area contributed by atoms with E-state index >= 15 is 0 Å². The van der Waals surface area contributed by atoms with E-state index in [1.807, 2.05) is 6.07 Å². The van der Waals surface area contributed by atoms with Crippen molar-refractivity contribution in [3.05, 3.63) is 58.9 Å². The summed E-state index contributed by atoms with van der Waals surface area (Å²) in [5.74, 6) is 0.817. The molecule has 2 nitrogen and oxygen atoms in total. The van der Waals surface area contributed by atoms with Crippen LogP contribution in [0.1, 0.15) is 18.9 Å². The molecule has 0 amide bonds. The van der Waals surface area contributed by atoms with Gasteiger partial charge in [0.05, 0.1) is 0 Å². The van der Waals surface area contributed by atoms with Gasteiger partial charge in [-0.25, -0.2) is 4.39 Å². The Labute approximate surface area is 123 Å². The van der Waals surface area contributed by atoms with Crippen molar-refractivity contribution in [3.8, 4) is 11.5 Å². The van der Waals surface area contributed by atoms with E-state index in [0.29, 0.717) is 23.1 Å². The lowest BCUT2D eigenvalue weighted by Crippen LogP contribution is -2.13. The first kappa shape index (κ1) is 14.8. The molecule has 1 N–H and O–H groups in total. The van der Waals surface area contributed by atoms with Gasteiger partial charge in [0.1, 0.15) is 17.3 Å². The highest BCUT2D eigenvalue weighted by Gasteiger charge is 2.03. The second-order valence-electron chi connectivity index (χ2n) is 4.53. The van der Waals surface area contributed by atoms with Crippen LogP contribution in [0, 0.1) is 5.82 Å². The smallest absolute Gasteiger partial charge is 0.130 e. The molecule has 0 heterocycles. The minimum Gasteiger partial charge on any atom is -0.457 e. The Morgan fingerprint density at radius 2 is 1.85 bits per heavy atom. The highest BCUT2D eigenvalue weighted by molar-refractivity contribution is 6.30. The van der Waals surface area contributed by atoms with Gasteiger partial charge < -0.3 is 10.1 Å². The summed E-state index contributed by atoms with van der Waals surface area (Å²) in [6.07, 6.45) is 1.05. The Balaban J connectivity index is 2.09. The van der Waals surface area contributed by atoms with Gasteiger partial charge in [0.15, 0.2) is 0 Å². The topological polar surface area (TPSA) is 21.3 Å². The van der Waals surface area contributed by atoms with Crippen LogP contribution in [0.2, 0.25) is 5.02 Å². The van der Waals surface area contributed by atoms with E-state index in [4.69, 9.17) is 16.3 Å². The number of hydrogen-bond donors (Lipinski definition) is 1. The van der Waals surface area contributed by atoms with E-state index < -0.39 is 0 Å². The Bertz CT molecular complexity index is 557. The maximum Gasteiger partial charge on any atom is 0.130 e. The number of rotatable bonds is 6. The summed E-state index contributed by atoms with van der Waals surface area (Å²) in [6, 6.07) is 11.7. The van der Waals surface area contributed by atoms with Crippen LogP contribution in [0.5, 0.6) is 11.5 Å². The molecule has 0 aliphatic heterocycles. The molecule has 20 heavy (non-hydrogen) atoms. The van der Waals surface area contributed by atoms with Crippen molar-refractivity contribution in [2.75, 3.05) is 6.54 Å². The van der Waals surface area contributed by atoms with Gasteiger partial charge in [0.2, 0.25) is 0 Å². The first-order chi connectivity index (χ1) is 9.67. The Hall–Kier alpha value is -1.58. The maximum absolute atomic E-state index is 13.6. The van der Waals surface area contributed by atoms with Crippen molar-refractivity contribution in [2.45, 2.75) is 19.9 Å². The fourth-order valence-corrected chi connectivity index (χ4v) is 1.96. The second kappa shape index (κ2) is 7.27. The van der Waals surface area contributed by atoms with Gasteiger partial charge in [0.25, 0.3) is 0 Å². The lowest BCUT2D eigenvalue weighted by Gasteiger charge is -2.09. The van der Waals surface area contributed by atoms with Gasteiger partial charge in [-0.1, -0.05) is 18.5 Å². The summed E-state index contributed by atoms with van der Waals surface area (Å²) in [5.41, 5.74) is 0.863. The Kier molecular flexibility index (Phi) is 5.39. The van der Waals surface area contributed by atoms with Crippen LogP contribution in [-0.4, -0.2) is 6.54 Å². The molecule has 0 saturated carbocycles. The van der Waals surface area contributed by atoms with Crippen molar-refractivity contribution in [1.82, 2.24) is 5.32 Å². The zero-order valence-electron chi connectivity index (χ0n) is 11.3. The predicted molar refractivity (Wildman–Crippen MR) is 79.9 cm³/mol. The largest absolute Gasteiger partial charge is 0.457 e. The molecule has 0 aliphatic rings. The molecule has 0 fully saturated rings. The van der Waals surface area contributed by atoms with Crippen LogP contribution in [0.25, 0.3) is 0 Å². The van der Waals surface area contributed by atoms with Gasteiger partial charge in [0, 0.05) is 17.6 Å². The van der Waals surface area contributed by atoms with E-state index in [2.05, 4.69) is 12.2 Å². The molecule has 2 aromatic carbocycles. The maximum atomic E-state index is 13.6. The number of hydrogen-bond acceptors (Lipinski definition) is 2. The lowest BCUT2D eigenvalue weighted by molar-refractivity contribution is 0.475. The Morgan fingerprint density at radius 3 is 2.55 bits per heavy atom. The minimum atomic E-state index is -0.301. The van der Waals surface area contributed by atoms with Crippen LogP contribution >= 0.6 is 11.6 Å². The van der Waals surface area contributed by atoms with Crippen molar-refractivity contribution >= 4 is 11.6 Å². The predicted octanol–water partition coefficient (Wildman–Crippen LogP) is 4.77. The van der Waals surface area contributed by atoms with E-state index in [1.54, 1.807) is 24.3 Å². The van der Waals surface area contributed by atoms with Crippen LogP contribution in [0.3, 0.4) is 0 Å². The van der Waals surface area contributed by atoms with Crippen LogP contribution < -0.4 is 10.1 Å². The highest BCUT2D eigenvalue weighted by atomic mass is 35.5. The average molecular weight is 294 g/mol. The van der Waals surface area contributed by atoms with E-state index in [-0.39, 0.29) is 5.82 Å². The van der Waals surface area contributed by atoms with Crippen molar-refractivity contribution in [2.24, 2.45) is 0 Å². The average Bonchev–Trinajstić information content (AvgIpc) is 2.41. The van der Waals surface area contributed by atoms with Gasteiger partial charge in [-0.3, -0.25) is 0 Å². The molecular weight excluding hydrogens is 277 g/mol. The summed E-state index contributed by atoms with van der Waals surface area (Å²) in [5, 5.41) is 3.88. The van der Waals surface area contributed by atoms with Crippen molar-refractivity contribution in [1.29, 1.82) is 0 Å². The first-order valence-electron chi connectivity index (χ1n) is 6.61. The number of ether oxygens (including phenoxy) is 1. The first-order valence-corrected chi connectivity index (χ1v) is 6.99. The number of nitrogens with one attached hydrogen (secondary N) is 1. The van der Waals surface area contributed by atoms with E-state index in [1.165, 1.54) is 12.1 Å². The van der Waals surface area contributed by atoms with E-state index in [9.17, 15) is 4.39 Å². The van der Waals surface area contributed by atoms with Crippen LogP contribution in [0.15, 0.2) is 42.5 Å². The minimum absolute atomic E-state index is 0.301. The molecule has 2 aromatic rings. The summed E-state index contributed by atoms with van der Waals surface area (Å²) in [4.78, 5) is 0. The van der Waals surface area contributed by atoms with Gasteiger partial charge in [-0.2, -0.15) is 0 Å². The summed E-state index contributed by atoms with van der Waals surface area (Å²) >= 11 is 5.81. The van der Waals surface area contributed by atoms with Gasteiger partial charge in [-0.05, 0) is 54.9 Å². The molecular formula is C16H17ClFNO. The zero-order valence-corrected chi connectivity index (χ0v) is 12.1. The van der Waals surface area contributed by atoms with Crippen molar-refractivity contribution < 1.29 is 9.13 Å². The fourth-order valence-electron chi connectivity index (χ4n) is 1.83. The molecule has 0 aromatic heterocycles. The quantitative estimate of drug-likeness (QED) is 0.775. The standard InChI is InChI=1S/C16H17ClFNO/c1-2-7-19-11-12-8-14(18)10-16(9-12)20-15-5-3-13(17)4-6-15/h3-6,8-10,19H,2,7,11H2,1H3. The summed E-state index contributed by atoms with van der Waals surface area (Å²) in [7, 11) is 0. The van der Waals surface area contributed by atoms with E-state index in [0.717, 1.165) is 18.5 Å². The van der Waals surface area contributed by atoms with Gasteiger partial charge in [-0.15, -0.1) is 0 Å². The van der Waals surface area contributed by atoms with Crippen molar-refractivity contribution in [3.63, 3.8) is 0 Å². The lowest BCUT2D eigenvalue weighted by atomic mass is 10.2. The molecule has 106 valence electrons. The second-order valence-corrected chi connectivity index (χ2v) is 4.96. The molecule has 0 aliphatic carbocycles. The Morgan fingerprint density at radius 1 is 1.10 bits per heavy atom. The normalized spacial score (nSPS) is 10.6. The molecule has 4 heteroatoms. The number of benzene rings is 2. The summed E-state index contributed by atoms with van der Waals surface area (Å²) in [6.45, 7) is 3.63.